The van der Waals surface area contributed by atoms with Crippen LogP contribution in [-0.2, 0) is 0 Å². The van der Waals surface area contributed by atoms with Gasteiger partial charge in [-0.15, -0.1) is 0 Å². The van der Waals surface area contributed by atoms with Crippen LogP contribution < -0.4 is 10.2 Å². The molecule has 2 aromatic heterocycles. The summed E-state index contributed by atoms with van der Waals surface area (Å²) in [6.45, 7) is 0. The molecule has 0 saturated heterocycles. The van der Waals surface area contributed by atoms with Crippen molar-refractivity contribution in [3.8, 4) is 17.0 Å². The van der Waals surface area contributed by atoms with Crippen molar-refractivity contribution in [3.63, 3.8) is 0 Å². The molecule has 0 unspecified atom stereocenters. The lowest BCUT2D eigenvalue weighted by molar-refractivity contribution is 0.415. The predicted octanol–water partition coefficient (Wildman–Crippen LogP) is 3.25. The molecular weight excluding hydrogens is 328 g/mol. The van der Waals surface area contributed by atoms with Crippen LogP contribution in [0.2, 0.25) is 0 Å². The van der Waals surface area contributed by atoms with E-state index in [-0.39, 0.29) is 0 Å². The number of methoxy groups -OCH3 is 1. The first kappa shape index (κ1) is 15.8. The summed E-state index contributed by atoms with van der Waals surface area (Å²) in [5.41, 5.74) is 5.73. The van der Waals surface area contributed by atoms with Gasteiger partial charge in [-0.1, -0.05) is 42.5 Å². The van der Waals surface area contributed by atoms with Gasteiger partial charge in [0.15, 0.2) is 5.82 Å². The minimum atomic E-state index is 0.505. The minimum Gasteiger partial charge on any atom is -0.497 e. The van der Waals surface area contributed by atoms with Crippen molar-refractivity contribution in [1.29, 1.82) is 0 Å². The summed E-state index contributed by atoms with van der Waals surface area (Å²) in [7, 11) is 1.64. The molecule has 0 atom stereocenters. The maximum absolute atomic E-state index is 5.22. The van der Waals surface area contributed by atoms with E-state index in [9.17, 15) is 0 Å². The van der Waals surface area contributed by atoms with Crippen molar-refractivity contribution in [1.82, 2.24) is 19.6 Å². The second-order valence-electron chi connectivity index (χ2n) is 5.51. The summed E-state index contributed by atoms with van der Waals surface area (Å²) in [4.78, 5) is 8.72. The van der Waals surface area contributed by atoms with Crippen LogP contribution in [0.25, 0.3) is 17.0 Å². The van der Waals surface area contributed by atoms with Crippen LogP contribution in [0.4, 0.5) is 5.82 Å². The van der Waals surface area contributed by atoms with Crippen LogP contribution >= 0.6 is 0 Å². The first-order chi connectivity index (χ1) is 12.8. The van der Waals surface area contributed by atoms with Gasteiger partial charge < -0.3 is 4.74 Å². The Balaban J connectivity index is 1.65. The molecule has 0 fully saturated rings. The summed E-state index contributed by atoms with van der Waals surface area (Å²) in [5, 5.41) is 8.50. The average molecular weight is 344 g/mol. The van der Waals surface area contributed by atoms with Crippen molar-refractivity contribution < 1.29 is 4.74 Å². The normalized spacial score (nSPS) is 11.1. The zero-order chi connectivity index (χ0) is 17.8. The third-order valence-electron chi connectivity index (χ3n) is 3.81. The second-order valence-corrected chi connectivity index (χ2v) is 5.51. The fourth-order valence-corrected chi connectivity index (χ4v) is 2.54. The second kappa shape index (κ2) is 7.02. The molecule has 0 amide bonds. The molecular formula is C19H16N6O. The number of nitrogens with one attached hydrogen (secondary N) is 1. The molecule has 7 heteroatoms. The molecule has 26 heavy (non-hydrogen) atoms. The third kappa shape index (κ3) is 3.23. The van der Waals surface area contributed by atoms with Crippen LogP contribution in [0.3, 0.4) is 0 Å². The van der Waals surface area contributed by atoms with E-state index in [1.54, 1.807) is 17.8 Å². The lowest BCUT2D eigenvalue weighted by Crippen LogP contribution is -2.02. The van der Waals surface area contributed by atoms with Gasteiger partial charge in [0.25, 0.3) is 5.78 Å². The molecule has 2 aromatic carbocycles. The minimum absolute atomic E-state index is 0.505. The Morgan fingerprint density at radius 2 is 1.96 bits per heavy atom. The summed E-state index contributed by atoms with van der Waals surface area (Å²) in [5.74, 6) is 1.96. The average Bonchev–Trinajstić information content (AvgIpc) is 3.18. The molecule has 0 aliphatic carbocycles. The van der Waals surface area contributed by atoms with Gasteiger partial charge in [-0.2, -0.15) is 19.7 Å². The number of hydrogen-bond donors (Lipinski definition) is 1. The molecule has 0 saturated carbocycles. The molecule has 0 radical (unpaired) electrons. The zero-order valence-electron chi connectivity index (χ0n) is 14.1. The lowest BCUT2D eigenvalue weighted by atomic mass is 10.1. The number of benzene rings is 2. The van der Waals surface area contributed by atoms with E-state index in [0.29, 0.717) is 11.6 Å². The molecule has 0 aliphatic rings. The van der Waals surface area contributed by atoms with Crippen LogP contribution in [-0.4, -0.2) is 32.9 Å². The predicted molar refractivity (Wildman–Crippen MR) is 100 cm³/mol. The van der Waals surface area contributed by atoms with Crippen molar-refractivity contribution in [2.24, 2.45) is 5.10 Å². The number of anilines is 1. The van der Waals surface area contributed by atoms with E-state index in [1.165, 1.54) is 6.33 Å². The van der Waals surface area contributed by atoms with Crippen LogP contribution in [0.15, 0.2) is 72.1 Å². The number of aromatic nitrogens is 4. The quantitative estimate of drug-likeness (QED) is 0.444. The van der Waals surface area contributed by atoms with Gasteiger partial charge in [-0.25, -0.2) is 4.98 Å². The molecule has 4 rings (SSSR count). The lowest BCUT2D eigenvalue weighted by Gasteiger charge is -2.06. The Hall–Kier alpha value is -3.74. The largest absolute Gasteiger partial charge is 0.497 e. The van der Waals surface area contributed by atoms with Gasteiger partial charge in [0.05, 0.1) is 19.0 Å². The maximum atomic E-state index is 5.22. The molecule has 2 heterocycles. The van der Waals surface area contributed by atoms with Gasteiger partial charge >= 0.3 is 0 Å². The SMILES string of the molecule is COc1cccc(/C=N\Nc2cc(-c3ccccc3)nc3ncnn23)c1. The Morgan fingerprint density at radius 3 is 2.81 bits per heavy atom. The fourth-order valence-electron chi connectivity index (χ4n) is 2.54. The molecule has 0 spiro atoms. The Kier molecular flexibility index (Phi) is 4.26. The van der Waals surface area contributed by atoms with Gasteiger partial charge in [-0.3, -0.25) is 5.43 Å². The number of rotatable bonds is 5. The molecule has 0 bridgehead atoms. The van der Waals surface area contributed by atoms with Gasteiger partial charge in [0, 0.05) is 11.6 Å². The Bertz CT molecular complexity index is 1060. The smallest absolute Gasteiger partial charge is 0.254 e. The summed E-state index contributed by atoms with van der Waals surface area (Å²) >= 11 is 0. The van der Waals surface area contributed by atoms with E-state index in [0.717, 1.165) is 22.6 Å². The van der Waals surface area contributed by atoms with E-state index < -0.39 is 0 Å². The zero-order valence-corrected chi connectivity index (χ0v) is 14.1. The maximum Gasteiger partial charge on any atom is 0.254 e. The monoisotopic (exact) mass is 344 g/mol. The molecule has 7 nitrogen and oxygen atoms in total. The van der Waals surface area contributed by atoms with Crippen molar-refractivity contribution >= 4 is 17.8 Å². The van der Waals surface area contributed by atoms with Crippen LogP contribution in [0.5, 0.6) is 5.75 Å². The van der Waals surface area contributed by atoms with Crippen molar-refractivity contribution in [3.05, 3.63) is 72.6 Å². The van der Waals surface area contributed by atoms with E-state index in [1.807, 2.05) is 60.7 Å². The highest BCUT2D eigenvalue weighted by Gasteiger charge is 2.08. The molecule has 0 aliphatic heterocycles. The Morgan fingerprint density at radius 1 is 1.08 bits per heavy atom. The van der Waals surface area contributed by atoms with E-state index in [2.05, 4.69) is 25.6 Å². The van der Waals surface area contributed by atoms with Gasteiger partial charge in [0.2, 0.25) is 0 Å². The number of fused-ring (bicyclic) bond motifs is 1. The highest BCUT2D eigenvalue weighted by molar-refractivity contribution is 5.80. The van der Waals surface area contributed by atoms with E-state index >= 15 is 0 Å². The van der Waals surface area contributed by atoms with E-state index in [4.69, 9.17) is 4.74 Å². The third-order valence-corrected chi connectivity index (χ3v) is 3.81. The number of ether oxygens (including phenoxy) is 1. The topological polar surface area (TPSA) is 76.7 Å². The van der Waals surface area contributed by atoms with Crippen molar-refractivity contribution in [2.75, 3.05) is 12.5 Å². The van der Waals surface area contributed by atoms with Gasteiger partial charge in [0.1, 0.15) is 12.1 Å². The first-order valence-corrected chi connectivity index (χ1v) is 8.03. The summed E-state index contributed by atoms with van der Waals surface area (Å²) < 4.78 is 6.83. The number of hydrogen-bond acceptors (Lipinski definition) is 6. The van der Waals surface area contributed by atoms with Crippen LogP contribution in [0.1, 0.15) is 5.56 Å². The van der Waals surface area contributed by atoms with Gasteiger partial charge in [-0.05, 0) is 17.7 Å². The summed E-state index contributed by atoms with van der Waals surface area (Å²) in [6, 6.07) is 19.4. The first-order valence-electron chi connectivity index (χ1n) is 8.03. The standard InChI is InChI=1S/C19H16N6O/c1-26-16-9-5-6-14(10-16)12-21-24-18-11-17(15-7-3-2-4-8-15)23-19-20-13-22-25(18)19/h2-13,24H,1H3/b21-12-. The summed E-state index contributed by atoms with van der Waals surface area (Å²) in [6.07, 6.45) is 3.18. The van der Waals surface area contributed by atoms with Crippen molar-refractivity contribution in [2.45, 2.75) is 0 Å². The fraction of sp³-hybridized carbons (Fsp3) is 0.0526. The highest BCUT2D eigenvalue weighted by atomic mass is 16.5. The number of hydrazone groups is 1. The molecule has 1 N–H and O–H groups in total. The van der Waals surface area contributed by atoms with Crippen LogP contribution in [0, 0.1) is 0 Å². The highest BCUT2D eigenvalue weighted by Crippen LogP contribution is 2.21. The molecule has 4 aromatic rings. The number of nitrogens with zero attached hydrogens (tertiary/aromatic N) is 5. The Labute approximate surface area is 150 Å². The molecule has 128 valence electrons.